The summed E-state index contributed by atoms with van der Waals surface area (Å²) >= 11 is 7.32. The molecular weight excluding hydrogens is 428 g/mol. The third-order valence-corrected chi connectivity index (χ3v) is 5.37. The lowest BCUT2D eigenvalue weighted by molar-refractivity contribution is -0.122. The minimum absolute atomic E-state index is 0.0272. The van der Waals surface area contributed by atoms with Crippen LogP contribution < -0.4 is 20.1 Å². The third-order valence-electron chi connectivity index (χ3n) is 4.02. The summed E-state index contributed by atoms with van der Waals surface area (Å²) in [6.45, 7) is 0. The molecule has 2 N–H and O–H groups in total. The van der Waals surface area contributed by atoms with Crippen LogP contribution in [0.15, 0.2) is 52.7 Å². The van der Waals surface area contributed by atoms with E-state index in [-0.39, 0.29) is 18.2 Å². The van der Waals surface area contributed by atoms with E-state index in [0.717, 1.165) is 11.8 Å². The number of hydrogen-bond donors (Lipinski definition) is 2. The predicted molar refractivity (Wildman–Crippen MR) is 119 cm³/mol. The highest BCUT2D eigenvalue weighted by Gasteiger charge is 2.32. The van der Waals surface area contributed by atoms with Crippen LogP contribution in [0.3, 0.4) is 0 Å². The van der Waals surface area contributed by atoms with Gasteiger partial charge < -0.3 is 20.1 Å². The molecule has 0 radical (unpaired) electrons. The molecule has 2 aromatic rings. The van der Waals surface area contributed by atoms with E-state index in [2.05, 4.69) is 20.8 Å². The van der Waals surface area contributed by atoms with E-state index in [1.807, 2.05) is 18.2 Å². The summed E-state index contributed by atoms with van der Waals surface area (Å²) < 4.78 is 10.4. The fourth-order valence-electron chi connectivity index (χ4n) is 2.65. The van der Waals surface area contributed by atoms with Gasteiger partial charge in [-0.05, 0) is 24.3 Å². The smallest absolute Gasteiger partial charge is 0.240 e. The monoisotopic (exact) mass is 446 g/mol. The first-order valence-electron chi connectivity index (χ1n) is 8.85. The van der Waals surface area contributed by atoms with Crippen LogP contribution in [0.5, 0.6) is 11.5 Å². The molecule has 8 nitrogen and oxygen atoms in total. The van der Waals surface area contributed by atoms with E-state index in [4.69, 9.17) is 21.1 Å². The number of para-hydroxylation sites is 1. The highest BCUT2D eigenvalue weighted by Crippen LogP contribution is 2.35. The van der Waals surface area contributed by atoms with Gasteiger partial charge in [-0.3, -0.25) is 9.59 Å². The molecule has 1 aliphatic heterocycles. The average Bonchev–Trinajstić information content (AvgIpc) is 3.07. The summed E-state index contributed by atoms with van der Waals surface area (Å²) in [7, 11) is 3.01. The molecule has 1 heterocycles. The van der Waals surface area contributed by atoms with Gasteiger partial charge in [0.15, 0.2) is 16.7 Å². The molecule has 2 amide bonds. The second-order valence-corrected chi connectivity index (χ2v) is 7.70. The van der Waals surface area contributed by atoms with Crippen LogP contribution in [0.2, 0.25) is 5.02 Å². The van der Waals surface area contributed by atoms with Crippen molar-refractivity contribution in [2.45, 2.75) is 11.7 Å². The summed E-state index contributed by atoms with van der Waals surface area (Å²) in [5.74, 6) is 0.356. The number of nitrogens with one attached hydrogen (secondary N) is 2. The summed E-state index contributed by atoms with van der Waals surface area (Å²) in [6, 6.07) is 12.4. The Kier molecular flexibility index (Phi) is 7.31. The number of ether oxygens (including phenoxy) is 2. The van der Waals surface area contributed by atoms with Gasteiger partial charge in [-0.1, -0.05) is 41.6 Å². The van der Waals surface area contributed by atoms with Gasteiger partial charge in [0.2, 0.25) is 11.8 Å². The van der Waals surface area contributed by atoms with Crippen molar-refractivity contribution in [1.82, 2.24) is 5.32 Å². The maximum atomic E-state index is 12.2. The van der Waals surface area contributed by atoms with Crippen LogP contribution in [-0.2, 0) is 9.59 Å². The number of carbonyl (C=O) groups is 2. The SMILES string of the molecule is COc1cc(/C=N/N=C2\NC(=O)C(CC(=O)Nc3ccccc3)S2)cc(Cl)c1OC. The fraction of sp³-hybridized carbons (Fsp3) is 0.200. The quantitative estimate of drug-likeness (QED) is 0.502. The average molecular weight is 447 g/mol. The number of amidine groups is 1. The molecule has 0 saturated carbocycles. The van der Waals surface area contributed by atoms with Crippen LogP contribution in [0, 0.1) is 0 Å². The standard InChI is InChI=1S/C20H19ClN4O4S/c1-28-15-9-12(8-14(21)18(15)29-2)11-22-25-20-24-19(27)16(30-20)10-17(26)23-13-6-4-3-5-7-13/h3-9,11,16H,10H2,1-2H3,(H,23,26)(H,24,25,27)/b22-11+. The van der Waals surface area contributed by atoms with Crippen molar-refractivity contribution in [1.29, 1.82) is 0 Å². The number of rotatable bonds is 7. The summed E-state index contributed by atoms with van der Waals surface area (Å²) in [5.41, 5.74) is 1.33. The molecule has 0 aromatic heterocycles. The second kappa shape index (κ2) is 10.1. The van der Waals surface area contributed by atoms with E-state index in [1.165, 1.54) is 20.4 Å². The molecule has 156 valence electrons. The first-order valence-corrected chi connectivity index (χ1v) is 10.1. The van der Waals surface area contributed by atoms with E-state index in [1.54, 1.807) is 24.3 Å². The number of halogens is 1. The van der Waals surface area contributed by atoms with Crippen molar-refractivity contribution in [3.63, 3.8) is 0 Å². The third kappa shape index (κ3) is 5.52. The van der Waals surface area contributed by atoms with Gasteiger partial charge >= 0.3 is 0 Å². The molecule has 3 rings (SSSR count). The van der Waals surface area contributed by atoms with Crippen LogP contribution in [0.1, 0.15) is 12.0 Å². The zero-order valence-electron chi connectivity index (χ0n) is 16.2. The molecular formula is C20H19ClN4O4S. The maximum absolute atomic E-state index is 12.2. The van der Waals surface area contributed by atoms with Crippen molar-refractivity contribution >= 4 is 52.2 Å². The molecule has 1 aliphatic rings. The molecule has 10 heteroatoms. The Labute approximate surface area is 182 Å². The molecule has 1 unspecified atom stereocenters. The Morgan fingerprint density at radius 2 is 2.03 bits per heavy atom. The highest BCUT2D eigenvalue weighted by atomic mass is 35.5. The summed E-state index contributed by atoms with van der Waals surface area (Å²) in [6.07, 6.45) is 1.50. The number of carbonyl (C=O) groups excluding carboxylic acids is 2. The number of thioether (sulfide) groups is 1. The van der Waals surface area contributed by atoms with Gasteiger partial charge in [-0.2, -0.15) is 5.10 Å². The van der Waals surface area contributed by atoms with E-state index >= 15 is 0 Å². The first kappa shape index (κ1) is 21.7. The predicted octanol–water partition coefficient (Wildman–Crippen LogP) is 3.31. The Morgan fingerprint density at radius 1 is 1.27 bits per heavy atom. The van der Waals surface area contributed by atoms with Gasteiger partial charge in [-0.25, -0.2) is 0 Å². The van der Waals surface area contributed by atoms with Crippen molar-refractivity contribution < 1.29 is 19.1 Å². The normalized spacial score (nSPS) is 17.2. The fourth-order valence-corrected chi connectivity index (χ4v) is 3.87. The Hall–Kier alpha value is -3.04. The Balaban J connectivity index is 1.60. The minimum atomic E-state index is -0.571. The van der Waals surface area contributed by atoms with Crippen LogP contribution >= 0.6 is 23.4 Å². The molecule has 0 aliphatic carbocycles. The van der Waals surface area contributed by atoms with Crippen LogP contribution in [0.25, 0.3) is 0 Å². The van der Waals surface area contributed by atoms with Gasteiger partial charge in [0, 0.05) is 17.7 Å². The lowest BCUT2D eigenvalue weighted by atomic mass is 10.2. The van der Waals surface area contributed by atoms with Crippen molar-refractivity contribution in [3.8, 4) is 11.5 Å². The summed E-state index contributed by atoms with van der Waals surface area (Å²) in [4.78, 5) is 24.3. The first-order chi connectivity index (χ1) is 14.5. The number of nitrogens with zero attached hydrogens (tertiary/aromatic N) is 2. The van der Waals surface area contributed by atoms with E-state index in [9.17, 15) is 9.59 Å². The highest BCUT2D eigenvalue weighted by molar-refractivity contribution is 8.15. The molecule has 2 aromatic carbocycles. The van der Waals surface area contributed by atoms with E-state index < -0.39 is 5.25 Å². The Morgan fingerprint density at radius 3 is 2.73 bits per heavy atom. The number of amides is 2. The maximum Gasteiger partial charge on any atom is 0.240 e. The molecule has 1 fully saturated rings. The van der Waals surface area contributed by atoms with Gasteiger partial charge in [0.1, 0.15) is 5.25 Å². The molecule has 0 bridgehead atoms. The Bertz CT molecular complexity index is 998. The van der Waals surface area contributed by atoms with Crippen molar-refractivity contribution in [2.24, 2.45) is 10.2 Å². The topological polar surface area (TPSA) is 101 Å². The number of benzene rings is 2. The van der Waals surface area contributed by atoms with Gasteiger partial charge in [0.25, 0.3) is 0 Å². The minimum Gasteiger partial charge on any atom is -0.493 e. The molecule has 1 saturated heterocycles. The van der Waals surface area contributed by atoms with Crippen molar-refractivity contribution in [3.05, 3.63) is 53.1 Å². The van der Waals surface area contributed by atoms with Gasteiger partial charge in [-0.15, -0.1) is 5.10 Å². The molecule has 1 atom stereocenters. The van der Waals surface area contributed by atoms with Crippen molar-refractivity contribution in [2.75, 3.05) is 19.5 Å². The zero-order valence-corrected chi connectivity index (χ0v) is 17.8. The second-order valence-electron chi connectivity index (χ2n) is 6.10. The summed E-state index contributed by atoms with van der Waals surface area (Å²) in [5, 5.41) is 13.5. The zero-order chi connectivity index (χ0) is 21.5. The molecule has 30 heavy (non-hydrogen) atoms. The lowest BCUT2D eigenvalue weighted by Gasteiger charge is -2.09. The lowest BCUT2D eigenvalue weighted by Crippen LogP contribution is -2.28. The van der Waals surface area contributed by atoms with E-state index in [0.29, 0.717) is 32.9 Å². The number of methoxy groups -OCH3 is 2. The number of anilines is 1. The number of hydrogen-bond acceptors (Lipinski definition) is 7. The molecule has 0 spiro atoms. The van der Waals surface area contributed by atoms with Crippen LogP contribution in [-0.4, -0.2) is 42.7 Å². The largest absolute Gasteiger partial charge is 0.493 e. The van der Waals surface area contributed by atoms with Gasteiger partial charge in [0.05, 0.1) is 25.5 Å². The van der Waals surface area contributed by atoms with Crippen LogP contribution in [0.4, 0.5) is 5.69 Å².